The molecule has 190 valence electrons. The third-order valence-corrected chi connectivity index (χ3v) is 9.08. The molecule has 1 aliphatic rings. The second-order valence-electron chi connectivity index (χ2n) is 8.92. The van der Waals surface area contributed by atoms with Gasteiger partial charge in [0.1, 0.15) is 4.90 Å². The normalized spacial score (nSPS) is 14.4. The molecule has 1 fully saturated rings. The Bertz CT molecular complexity index is 1340. The highest BCUT2D eigenvalue weighted by Crippen LogP contribution is 2.29. The summed E-state index contributed by atoms with van der Waals surface area (Å²) in [4.78, 5) is 17.2. The minimum Gasteiger partial charge on any atom is -0.368 e. The number of anilines is 1. The van der Waals surface area contributed by atoms with Gasteiger partial charge in [-0.3, -0.25) is 4.79 Å². The number of nitrogens with zero attached hydrogens (tertiary/aromatic N) is 3. The second-order valence-corrected chi connectivity index (χ2v) is 11.7. The van der Waals surface area contributed by atoms with Crippen LogP contribution in [-0.2, 0) is 21.4 Å². The first kappa shape index (κ1) is 26.5. The highest BCUT2D eigenvalue weighted by Gasteiger charge is 2.31. The van der Waals surface area contributed by atoms with Gasteiger partial charge in [0.05, 0.1) is 11.6 Å². The molecule has 0 bridgehead atoms. The maximum absolute atomic E-state index is 13.6. The lowest BCUT2D eigenvalue weighted by Crippen LogP contribution is -2.52. The van der Waals surface area contributed by atoms with Gasteiger partial charge in [0.15, 0.2) is 0 Å². The Morgan fingerprint density at radius 1 is 0.917 bits per heavy atom. The largest absolute Gasteiger partial charge is 0.368 e. The van der Waals surface area contributed by atoms with Crippen molar-refractivity contribution >= 4 is 44.8 Å². The van der Waals surface area contributed by atoms with Crippen LogP contribution in [0.1, 0.15) is 16.7 Å². The second kappa shape index (κ2) is 11.2. The van der Waals surface area contributed by atoms with Crippen LogP contribution in [0, 0.1) is 13.8 Å². The third-order valence-electron chi connectivity index (χ3n) is 6.57. The van der Waals surface area contributed by atoms with Crippen LogP contribution in [0.25, 0.3) is 0 Å². The van der Waals surface area contributed by atoms with Crippen LogP contribution in [0.5, 0.6) is 0 Å². The summed E-state index contributed by atoms with van der Waals surface area (Å²) in [6, 6.07) is 19.7. The summed E-state index contributed by atoms with van der Waals surface area (Å²) in [7, 11) is -4.09. The molecule has 6 nitrogen and oxygen atoms in total. The van der Waals surface area contributed by atoms with E-state index in [0.29, 0.717) is 26.2 Å². The molecule has 0 aromatic heterocycles. The van der Waals surface area contributed by atoms with Gasteiger partial charge in [0, 0.05) is 43.4 Å². The lowest BCUT2D eigenvalue weighted by Gasteiger charge is -2.37. The molecule has 3 aromatic rings. The quantitative estimate of drug-likeness (QED) is 0.412. The van der Waals surface area contributed by atoms with Gasteiger partial charge in [-0.1, -0.05) is 65.7 Å². The monoisotopic (exact) mass is 545 g/mol. The Hall–Kier alpha value is -2.58. The molecule has 1 amide bonds. The van der Waals surface area contributed by atoms with Crippen LogP contribution >= 0.6 is 23.2 Å². The molecule has 9 heteroatoms. The highest BCUT2D eigenvalue weighted by molar-refractivity contribution is 7.89. The number of piperazine rings is 1. The number of benzene rings is 3. The summed E-state index contributed by atoms with van der Waals surface area (Å²) in [6.45, 7) is 6.35. The van der Waals surface area contributed by atoms with E-state index in [1.807, 2.05) is 36.4 Å². The Balaban J connectivity index is 1.53. The van der Waals surface area contributed by atoms with E-state index in [0.717, 1.165) is 5.56 Å². The molecule has 0 radical (unpaired) electrons. The van der Waals surface area contributed by atoms with Crippen molar-refractivity contribution in [3.05, 3.63) is 93.5 Å². The standard InChI is InChI=1S/C27H29Cl2N3O3S/c1-20-7-6-10-25(21(20)2)30-13-15-31(16-14-30)27(33)19-32(18-22-8-4-3-5-9-22)36(34,35)26-17-23(28)11-12-24(26)29/h3-12,17H,13-16,18-19H2,1-2H3. The van der Waals surface area contributed by atoms with Crippen molar-refractivity contribution in [1.29, 1.82) is 0 Å². The van der Waals surface area contributed by atoms with Crippen molar-refractivity contribution in [1.82, 2.24) is 9.21 Å². The minimum atomic E-state index is -4.09. The fraction of sp³-hybridized carbons (Fsp3) is 0.296. The molecule has 1 aliphatic heterocycles. The smallest absolute Gasteiger partial charge is 0.245 e. The number of carbonyl (C=O) groups excluding carboxylic acids is 1. The highest BCUT2D eigenvalue weighted by atomic mass is 35.5. The van der Waals surface area contributed by atoms with E-state index < -0.39 is 10.0 Å². The topological polar surface area (TPSA) is 60.9 Å². The summed E-state index contributed by atoms with van der Waals surface area (Å²) in [5.41, 5.74) is 4.40. The van der Waals surface area contributed by atoms with Crippen molar-refractivity contribution in [2.45, 2.75) is 25.3 Å². The Morgan fingerprint density at radius 3 is 2.31 bits per heavy atom. The first-order valence-corrected chi connectivity index (χ1v) is 13.9. The zero-order valence-corrected chi connectivity index (χ0v) is 22.7. The number of halogens is 2. The molecule has 0 N–H and O–H groups in total. The molecule has 1 saturated heterocycles. The van der Waals surface area contributed by atoms with Crippen LogP contribution in [0.15, 0.2) is 71.6 Å². The first-order chi connectivity index (χ1) is 17.2. The SMILES string of the molecule is Cc1cccc(N2CCN(C(=O)CN(Cc3ccccc3)S(=O)(=O)c3cc(Cl)ccc3Cl)CC2)c1C. The molecule has 36 heavy (non-hydrogen) atoms. The number of hydrogen-bond acceptors (Lipinski definition) is 4. The average Bonchev–Trinajstić information content (AvgIpc) is 2.87. The van der Waals surface area contributed by atoms with E-state index in [2.05, 4.69) is 30.9 Å². The molecular weight excluding hydrogens is 517 g/mol. The maximum atomic E-state index is 13.6. The number of hydrogen-bond donors (Lipinski definition) is 0. The predicted octanol–water partition coefficient (Wildman–Crippen LogP) is 5.15. The Kier molecular flexibility index (Phi) is 8.25. The maximum Gasteiger partial charge on any atom is 0.245 e. The van der Waals surface area contributed by atoms with Gasteiger partial charge in [-0.25, -0.2) is 8.42 Å². The van der Waals surface area contributed by atoms with Crippen molar-refractivity contribution in [3.8, 4) is 0 Å². The van der Waals surface area contributed by atoms with Crippen molar-refractivity contribution in [2.24, 2.45) is 0 Å². The number of rotatable bonds is 7. The Labute approximate surface area is 223 Å². The lowest BCUT2D eigenvalue weighted by molar-refractivity contribution is -0.131. The zero-order valence-electron chi connectivity index (χ0n) is 20.3. The number of sulfonamides is 1. The van der Waals surface area contributed by atoms with Crippen LogP contribution in [0.4, 0.5) is 5.69 Å². The van der Waals surface area contributed by atoms with Crippen LogP contribution in [0.3, 0.4) is 0 Å². The number of amides is 1. The van der Waals surface area contributed by atoms with Gasteiger partial charge in [-0.15, -0.1) is 0 Å². The molecule has 0 atom stereocenters. The van der Waals surface area contributed by atoms with Gasteiger partial charge in [-0.05, 0) is 54.8 Å². The molecule has 3 aromatic carbocycles. The molecular formula is C27H29Cl2N3O3S. The third kappa shape index (κ3) is 5.86. The van der Waals surface area contributed by atoms with E-state index in [-0.39, 0.29) is 33.9 Å². The number of carbonyl (C=O) groups is 1. The molecule has 1 heterocycles. The fourth-order valence-corrected chi connectivity index (χ4v) is 6.47. The molecule has 0 aliphatic carbocycles. The first-order valence-electron chi connectivity index (χ1n) is 11.7. The summed E-state index contributed by atoms with van der Waals surface area (Å²) in [5.74, 6) is -0.242. The average molecular weight is 547 g/mol. The van der Waals surface area contributed by atoms with E-state index in [1.165, 1.54) is 39.3 Å². The van der Waals surface area contributed by atoms with Gasteiger partial charge in [0.25, 0.3) is 0 Å². The van der Waals surface area contributed by atoms with Gasteiger partial charge < -0.3 is 9.80 Å². The molecule has 4 rings (SSSR count). The van der Waals surface area contributed by atoms with Gasteiger partial charge >= 0.3 is 0 Å². The van der Waals surface area contributed by atoms with E-state index in [9.17, 15) is 13.2 Å². The summed E-state index contributed by atoms with van der Waals surface area (Å²) in [5, 5.41) is 0.318. The van der Waals surface area contributed by atoms with E-state index >= 15 is 0 Å². The van der Waals surface area contributed by atoms with Crippen LogP contribution in [0.2, 0.25) is 10.0 Å². The molecule has 0 unspecified atom stereocenters. The van der Waals surface area contributed by atoms with Crippen LogP contribution in [-0.4, -0.2) is 56.3 Å². The summed E-state index contributed by atoms with van der Waals surface area (Å²) in [6.07, 6.45) is 0. The number of aryl methyl sites for hydroxylation is 1. The van der Waals surface area contributed by atoms with Gasteiger partial charge in [0.2, 0.25) is 15.9 Å². The zero-order chi connectivity index (χ0) is 25.9. The van der Waals surface area contributed by atoms with Gasteiger partial charge in [-0.2, -0.15) is 4.31 Å². The van der Waals surface area contributed by atoms with Crippen molar-refractivity contribution < 1.29 is 13.2 Å². The van der Waals surface area contributed by atoms with E-state index in [4.69, 9.17) is 23.2 Å². The Morgan fingerprint density at radius 2 is 1.61 bits per heavy atom. The minimum absolute atomic E-state index is 0.0419. The fourth-order valence-electron chi connectivity index (χ4n) is 4.35. The van der Waals surface area contributed by atoms with Crippen LogP contribution < -0.4 is 4.90 Å². The summed E-state index contributed by atoms with van der Waals surface area (Å²) < 4.78 is 28.5. The lowest BCUT2D eigenvalue weighted by atomic mass is 10.1. The van der Waals surface area contributed by atoms with E-state index in [1.54, 1.807) is 4.90 Å². The molecule has 0 saturated carbocycles. The predicted molar refractivity (Wildman–Crippen MR) is 145 cm³/mol. The van der Waals surface area contributed by atoms with Crippen molar-refractivity contribution in [2.75, 3.05) is 37.6 Å². The molecule has 0 spiro atoms. The summed E-state index contributed by atoms with van der Waals surface area (Å²) >= 11 is 12.3. The van der Waals surface area contributed by atoms with Crippen molar-refractivity contribution in [3.63, 3.8) is 0 Å².